The van der Waals surface area contributed by atoms with Crippen molar-refractivity contribution in [3.8, 4) is 0 Å². The maximum absolute atomic E-state index is 12.9. The lowest BCUT2D eigenvalue weighted by Gasteiger charge is -2.15. The third-order valence-electron chi connectivity index (χ3n) is 4.77. The molecule has 6 nitrogen and oxygen atoms in total. The number of para-hydroxylation sites is 1. The van der Waals surface area contributed by atoms with Crippen LogP contribution in [0, 0.1) is 6.92 Å². The first kappa shape index (κ1) is 20.7. The highest BCUT2D eigenvalue weighted by molar-refractivity contribution is 8.00. The molecule has 1 saturated heterocycles. The third kappa shape index (κ3) is 4.95. The molecule has 0 radical (unpaired) electrons. The van der Waals surface area contributed by atoms with Crippen LogP contribution >= 0.6 is 11.8 Å². The van der Waals surface area contributed by atoms with E-state index in [9.17, 15) is 14.4 Å². The van der Waals surface area contributed by atoms with E-state index in [-0.39, 0.29) is 24.3 Å². The van der Waals surface area contributed by atoms with Gasteiger partial charge in [0.25, 0.3) is 0 Å². The van der Waals surface area contributed by atoms with Crippen LogP contribution in [0.5, 0.6) is 0 Å². The van der Waals surface area contributed by atoms with Gasteiger partial charge in [0.1, 0.15) is 0 Å². The number of anilines is 3. The molecule has 1 fully saturated rings. The number of hydrogen-bond acceptors (Lipinski definition) is 4. The zero-order valence-electron chi connectivity index (χ0n) is 16.9. The predicted octanol–water partition coefficient (Wildman–Crippen LogP) is 5.06. The summed E-state index contributed by atoms with van der Waals surface area (Å²) in [4.78, 5) is 39.7. The first-order valence-corrected chi connectivity index (χ1v) is 10.7. The van der Waals surface area contributed by atoms with Crippen molar-refractivity contribution in [3.05, 3.63) is 84.4 Å². The summed E-state index contributed by atoms with van der Waals surface area (Å²) in [6, 6.07) is 23.4. The lowest BCUT2D eigenvalue weighted by atomic mass is 10.2. The molecule has 3 aromatic rings. The van der Waals surface area contributed by atoms with E-state index in [1.54, 1.807) is 36.4 Å². The lowest BCUT2D eigenvalue weighted by Crippen LogP contribution is -2.31. The number of nitrogens with zero attached hydrogens (tertiary/aromatic N) is 1. The SMILES string of the molecule is Cc1cccc(N2C(=O)C[C@H](Sc3cccc(NC(=O)Nc4ccccc4)c3)C2=O)c1. The minimum absolute atomic E-state index is 0.142. The number of thioether (sulfide) groups is 1. The highest BCUT2D eigenvalue weighted by atomic mass is 32.2. The van der Waals surface area contributed by atoms with Gasteiger partial charge in [-0.05, 0) is 55.0 Å². The Morgan fingerprint density at radius 3 is 2.39 bits per heavy atom. The van der Waals surface area contributed by atoms with Crippen molar-refractivity contribution in [2.75, 3.05) is 15.5 Å². The molecule has 2 N–H and O–H groups in total. The van der Waals surface area contributed by atoms with Crippen molar-refractivity contribution in [1.29, 1.82) is 0 Å². The molecule has 0 saturated carbocycles. The molecule has 3 aromatic carbocycles. The van der Waals surface area contributed by atoms with Crippen LogP contribution in [-0.2, 0) is 9.59 Å². The summed E-state index contributed by atoms with van der Waals surface area (Å²) in [5.74, 6) is -0.426. The summed E-state index contributed by atoms with van der Waals surface area (Å²) >= 11 is 1.33. The topological polar surface area (TPSA) is 78.5 Å². The van der Waals surface area contributed by atoms with Crippen molar-refractivity contribution < 1.29 is 14.4 Å². The van der Waals surface area contributed by atoms with Gasteiger partial charge in [-0.25, -0.2) is 9.69 Å². The number of carbonyl (C=O) groups is 3. The Hall–Kier alpha value is -3.58. The number of imide groups is 1. The van der Waals surface area contributed by atoms with Crippen molar-refractivity contribution in [2.24, 2.45) is 0 Å². The van der Waals surface area contributed by atoms with Crippen LogP contribution < -0.4 is 15.5 Å². The summed E-state index contributed by atoms with van der Waals surface area (Å²) in [6.45, 7) is 1.92. The maximum atomic E-state index is 12.9. The molecular formula is C24H21N3O3S. The van der Waals surface area contributed by atoms with Crippen LogP contribution in [0.25, 0.3) is 0 Å². The molecule has 1 aliphatic rings. The van der Waals surface area contributed by atoms with E-state index >= 15 is 0 Å². The zero-order chi connectivity index (χ0) is 21.8. The van der Waals surface area contributed by atoms with E-state index in [1.165, 1.54) is 16.7 Å². The Labute approximate surface area is 184 Å². The van der Waals surface area contributed by atoms with E-state index in [0.717, 1.165) is 10.5 Å². The average Bonchev–Trinajstić information content (AvgIpc) is 3.02. The van der Waals surface area contributed by atoms with Gasteiger partial charge in [0.05, 0.1) is 10.9 Å². The van der Waals surface area contributed by atoms with Gasteiger partial charge in [-0.15, -0.1) is 11.8 Å². The molecule has 4 amide bonds. The minimum Gasteiger partial charge on any atom is -0.308 e. The number of hydrogen-bond donors (Lipinski definition) is 2. The first-order chi connectivity index (χ1) is 15.0. The van der Waals surface area contributed by atoms with Crippen molar-refractivity contribution in [3.63, 3.8) is 0 Å². The fourth-order valence-corrected chi connectivity index (χ4v) is 4.47. The van der Waals surface area contributed by atoms with Gasteiger partial charge < -0.3 is 10.6 Å². The molecule has 0 unspecified atom stereocenters. The number of rotatable bonds is 5. The number of carbonyl (C=O) groups excluding carboxylic acids is 3. The molecule has 1 heterocycles. The van der Waals surface area contributed by atoms with Crippen LogP contribution in [-0.4, -0.2) is 23.1 Å². The number of benzene rings is 3. The van der Waals surface area contributed by atoms with Gasteiger partial charge in [0.2, 0.25) is 11.8 Å². The second-order valence-corrected chi connectivity index (χ2v) is 8.47. The number of urea groups is 1. The molecule has 7 heteroatoms. The zero-order valence-corrected chi connectivity index (χ0v) is 17.7. The quantitative estimate of drug-likeness (QED) is 0.553. The Morgan fingerprint density at radius 1 is 0.903 bits per heavy atom. The molecule has 4 rings (SSSR count). The largest absolute Gasteiger partial charge is 0.323 e. The third-order valence-corrected chi connectivity index (χ3v) is 5.95. The van der Waals surface area contributed by atoms with Crippen molar-refractivity contribution >= 4 is 46.7 Å². The molecule has 1 atom stereocenters. The summed E-state index contributed by atoms with van der Waals surface area (Å²) in [7, 11) is 0. The molecule has 0 aromatic heterocycles. The van der Waals surface area contributed by atoms with Crippen LogP contribution in [0.15, 0.2) is 83.8 Å². The molecule has 31 heavy (non-hydrogen) atoms. The van der Waals surface area contributed by atoms with Crippen molar-refractivity contribution in [2.45, 2.75) is 23.5 Å². The van der Waals surface area contributed by atoms with E-state index in [4.69, 9.17) is 0 Å². The Morgan fingerprint density at radius 2 is 1.61 bits per heavy atom. The number of nitrogens with one attached hydrogen (secondary N) is 2. The highest BCUT2D eigenvalue weighted by Gasteiger charge is 2.40. The van der Waals surface area contributed by atoms with Gasteiger partial charge in [0.15, 0.2) is 0 Å². The average molecular weight is 432 g/mol. The van der Waals surface area contributed by atoms with Gasteiger partial charge in [-0.2, -0.15) is 0 Å². The van der Waals surface area contributed by atoms with Gasteiger partial charge in [-0.3, -0.25) is 9.59 Å². The van der Waals surface area contributed by atoms with E-state index in [0.29, 0.717) is 17.1 Å². The van der Waals surface area contributed by atoms with Crippen LogP contribution in [0.3, 0.4) is 0 Å². The fraction of sp³-hybridized carbons (Fsp3) is 0.125. The summed E-state index contributed by atoms with van der Waals surface area (Å²) < 4.78 is 0. The Kier molecular flexibility index (Phi) is 6.04. The first-order valence-electron chi connectivity index (χ1n) is 9.83. The molecule has 0 bridgehead atoms. The Balaban J connectivity index is 1.42. The van der Waals surface area contributed by atoms with Crippen LogP contribution in [0.4, 0.5) is 21.9 Å². The molecule has 1 aliphatic heterocycles. The summed E-state index contributed by atoms with van der Waals surface area (Å²) in [5.41, 5.74) is 2.88. The van der Waals surface area contributed by atoms with Crippen LogP contribution in [0.1, 0.15) is 12.0 Å². The second kappa shape index (κ2) is 9.06. The van der Waals surface area contributed by atoms with Gasteiger partial charge in [-0.1, -0.05) is 36.4 Å². The maximum Gasteiger partial charge on any atom is 0.323 e. The summed E-state index contributed by atoms with van der Waals surface area (Å²) in [5, 5.41) is 5.05. The second-order valence-electron chi connectivity index (χ2n) is 7.19. The normalized spacial score (nSPS) is 15.8. The number of aryl methyl sites for hydroxylation is 1. The summed E-state index contributed by atoms with van der Waals surface area (Å²) in [6.07, 6.45) is 0.142. The van der Waals surface area contributed by atoms with E-state index in [1.807, 2.05) is 49.4 Å². The van der Waals surface area contributed by atoms with Crippen molar-refractivity contribution in [1.82, 2.24) is 0 Å². The number of amides is 4. The monoisotopic (exact) mass is 431 g/mol. The van der Waals surface area contributed by atoms with Crippen LogP contribution in [0.2, 0.25) is 0 Å². The van der Waals surface area contributed by atoms with Gasteiger partial charge in [0, 0.05) is 22.7 Å². The highest BCUT2D eigenvalue weighted by Crippen LogP contribution is 2.35. The molecule has 0 spiro atoms. The standard InChI is InChI=1S/C24H21N3O3S/c1-16-7-5-11-19(13-16)27-22(28)15-21(23(27)29)31-20-12-6-10-18(14-20)26-24(30)25-17-8-3-2-4-9-17/h2-14,21H,15H2,1H3,(H2,25,26,30)/t21-/m0/s1. The van der Waals surface area contributed by atoms with E-state index < -0.39 is 5.25 Å². The lowest BCUT2D eigenvalue weighted by molar-refractivity contribution is -0.121. The van der Waals surface area contributed by atoms with E-state index in [2.05, 4.69) is 10.6 Å². The molecule has 156 valence electrons. The molecular weight excluding hydrogens is 410 g/mol. The molecule has 0 aliphatic carbocycles. The smallest absolute Gasteiger partial charge is 0.308 e. The predicted molar refractivity (Wildman–Crippen MR) is 123 cm³/mol. The minimum atomic E-state index is -0.499. The Bertz CT molecular complexity index is 1130. The van der Waals surface area contributed by atoms with Gasteiger partial charge >= 0.3 is 6.03 Å². The fourth-order valence-electron chi connectivity index (χ4n) is 3.36.